The fraction of sp³-hybridized carbons (Fsp3) is 0.208. The maximum atomic E-state index is 13.4. The molecule has 12 nitrogen and oxygen atoms in total. The summed E-state index contributed by atoms with van der Waals surface area (Å²) in [7, 11) is 1.50. The van der Waals surface area contributed by atoms with Gasteiger partial charge < -0.3 is 21.1 Å². The summed E-state index contributed by atoms with van der Waals surface area (Å²) in [5.41, 5.74) is 5.75. The maximum absolute atomic E-state index is 13.4. The van der Waals surface area contributed by atoms with Crippen LogP contribution in [0, 0.1) is 0 Å². The predicted molar refractivity (Wildman–Crippen MR) is 143 cm³/mol. The number of methoxy groups -OCH3 is 1. The van der Waals surface area contributed by atoms with Crippen LogP contribution in [0.25, 0.3) is 20.3 Å². The zero-order chi connectivity index (χ0) is 26.4. The SMILES string of the molecule is CO[C@@H]1C[C@@H](C(=O)NCc2cc3cnc(N)cc3s2)n2c1ncc(NC(=O)c1nc3cnccc3s1)c2=O. The standard InChI is InChI=1S/C24H20N8O4S2/c1-36-16-5-15(21(33)29-8-12-4-11-7-27-19(25)6-18(11)37-12)32-20(16)28-10-14(24(32)35)30-22(34)23-31-13-9-26-3-2-17(13)38-23/h2-4,6-7,9-10,15-16H,5,8H2,1H3,(H2,25,27)(H,29,33)(H,30,34)/t15-,16+/m0/s1. The molecule has 192 valence electrons. The van der Waals surface area contributed by atoms with Crippen molar-refractivity contribution in [2.24, 2.45) is 0 Å². The predicted octanol–water partition coefficient (Wildman–Crippen LogP) is 2.64. The van der Waals surface area contributed by atoms with Crippen LogP contribution in [-0.4, -0.2) is 43.4 Å². The number of amides is 2. The average Bonchev–Trinajstić information content (AvgIpc) is 3.63. The smallest absolute Gasteiger partial charge is 0.284 e. The summed E-state index contributed by atoms with van der Waals surface area (Å²) >= 11 is 2.69. The van der Waals surface area contributed by atoms with Gasteiger partial charge in [0.15, 0.2) is 5.01 Å². The minimum absolute atomic E-state index is 0.0553. The number of rotatable bonds is 6. The van der Waals surface area contributed by atoms with Crippen LogP contribution in [-0.2, 0) is 16.1 Å². The summed E-state index contributed by atoms with van der Waals surface area (Å²) < 4.78 is 8.55. The van der Waals surface area contributed by atoms with Crippen LogP contribution < -0.4 is 21.9 Å². The fourth-order valence-electron chi connectivity index (χ4n) is 4.38. The molecule has 0 fully saturated rings. The van der Waals surface area contributed by atoms with Crippen molar-refractivity contribution in [3.63, 3.8) is 0 Å². The number of thiophene rings is 1. The van der Waals surface area contributed by atoms with E-state index in [9.17, 15) is 14.4 Å². The zero-order valence-electron chi connectivity index (χ0n) is 19.9. The van der Waals surface area contributed by atoms with Crippen molar-refractivity contribution in [1.29, 1.82) is 0 Å². The summed E-state index contributed by atoms with van der Waals surface area (Å²) in [6.07, 6.45) is 5.84. The van der Waals surface area contributed by atoms with Gasteiger partial charge in [0.2, 0.25) is 5.91 Å². The fourth-order valence-corrected chi connectivity index (χ4v) is 6.23. The van der Waals surface area contributed by atoms with E-state index in [0.717, 1.165) is 19.7 Å². The van der Waals surface area contributed by atoms with Gasteiger partial charge in [-0.25, -0.2) is 15.0 Å². The molecule has 5 aromatic rings. The van der Waals surface area contributed by atoms with Gasteiger partial charge in [-0.2, -0.15) is 0 Å². The van der Waals surface area contributed by atoms with Gasteiger partial charge >= 0.3 is 0 Å². The van der Waals surface area contributed by atoms with E-state index in [2.05, 4.69) is 30.6 Å². The molecule has 14 heteroatoms. The molecule has 0 saturated heterocycles. The number of nitrogens with zero attached hydrogens (tertiary/aromatic N) is 5. The molecule has 0 aromatic carbocycles. The molecule has 6 heterocycles. The molecule has 4 N–H and O–H groups in total. The second-order valence-electron chi connectivity index (χ2n) is 8.58. The highest BCUT2D eigenvalue weighted by atomic mass is 32.1. The van der Waals surface area contributed by atoms with Crippen LogP contribution in [0.4, 0.5) is 11.5 Å². The third-order valence-electron chi connectivity index (χ3n) is 6.19. The third kappa shape index (κ3) is 4.27. The molecule has 2 amide bonds. The van der Waals surface area contributed by atoms with E-state index in [1.54, 1.807) is 30.7 Å². The van der Waals surface area contributed by atoms with Crippen LogP contribution >= 0.6 is 22.7 Å². The average molecular weight is 549 g/mol. The van der Waals surface area contributed by atoms with Gasteiger partial charge in [0, 0.05) is 40.9 Å². The number of anilines is 2. The lowest BCUT2D eigenvalue weighted by atomic mass is 10.1. The third-order valence-corrected chi connectivity index (χ3v) is 8.32. The number of ether oxygens (including phenoxy) is 1. The Balaban J connectivity index is 1.23. The molecule has 0 aliphatic carbocycles. The van der Waals surface area contributed by atoms with E-state index in [1.807, 2.05) is 6.07 Å². The number of hydrogen-bond acceptors (Lipinski definition) is 11. The molecule has 0 saturated carbocycles. The number of nitrogens with one attached hydrogen (secondary N) is 2. The molecule has 5 aromatic heterocycles. The van der Waals surface area contributed by atoms with E-state index < -0.39 is 23.6 Å². The van der Waals surface area contributed by atoms with Crippen LogP contribution in [0.5, 0.6) is 0 Å². The zero-order valence-corrected chi connectivity index (χ0v) is 21.5. The van der Waals surface area contributed by atoms with Crippen molar-refractivity contribution >= 4 is 66.3 Å². The van der Waals surface area contributed by atoms with E-state index in [0.29, 0.717) is 17.2 Å². The Bertz CT molecular complexity index is 1750. The second kappa shape index (κ2) is 9.55. The first kappa shape index (κ1) is 24.1. The maximum Gasteiger partial charge on any atom is 0.284 e. The molecule has 38 heavy (non-hydrogen) atoms. The highest BCUT2D eigenvalue weighted by molar-refractivity contribution is 7.20. The van der Waals surface area contributed by atoms with Gasteiger partial charge in [0.1, 0.15) is 35.0 Å². The first-order chi connectivity index (χ1) is 18.4. The highest BCUT2D eigenvalue weighted by Gasteiger charge is 2.38. The van der Waals surface area contributed by atoms with E-state index >= 15 is 0 Å². The number of carbonyl (C=O) groups excluding carboxylic acids is 2. The highest BCUT2D eigenvalue weighted by Crippen LogP contribution is 2.34. The molecule has 2 atom stereocenters. The van der Waals surface area contributed by atoms with Crippen molar-refractivity contribution in [3.05, 3.63) is 69.0 Å². The molecule has 1 aliphatic rings. The van der Waals surface area contributed by atoms with Crippen molar-refractivity contribution in [2.75, 3.05) is 18.2 Å². The van der Waals surface area contributed by atoms with E-state index in [4.69, 9.17) is 10.5 Å². The molecule has 1 aliphatic heterocycles. The molecular weight excluding hydrogens is 528 g/mol. The van der Waals surface area contributed by atoms with Gasteiger partial charge in [0.05, 0.1) is 23.6 Å². The van der Waals surface area contributed by atoms with Gasteiger partial charge in [-0.1, -0.05) is 0 Å². The van der Waals surface area contributed by atoms with Gasteiger partial charge in [-0.3, -0.25) is 23.9 Å². The van der Waals surface area contributed by atoms with Crippen LogP contribution in [0.15, 0.2) is 47.8 Å². The Morgan fingerprint density at radius 1 is 1.18 bits per heavy atom. The van der Waals surface area contributed by atoms with Gasteiger partial charge in [-0.15, -0.1) is 22.7 Å². The lowest BCUT2D eigenvalue weighted by Crippen LogP contribution is -2.36. The number of carbonyl (C=O) groups is 2. The number of nitrogens with two attached hydrogens (primary N) is 1. The number of pyridine rings is 2. The Labute approximate surface area is 222 Å². The van der Waals surface area contributed by atoms with Crippen LogP contribution in [0.1, 0.15) is 39.1 Å². The summed E-state index contributed by atoms with van der Waals surface area (Å²) in [5.74, 6) is -0.150. The minimum Gasteiger partial charge on any atom is -0.384 e. The van der Waals surface area contributed by atoms with Gasteiger partial charge in [0.25, 0.3) is 11.5 Å². The number of thiazole rings is 1. The topological polar surface area (TPSA) is 167 Å². The lowest BCUT2D eigenvalue weighted by molar-refractivity contribution is -0.124. The summed E-state index contributed by atoms with van der Waals surface area (Å²) in [4.78, 5) is 57.2. The van der Waals surface area contributed by atoms with E-state index in [1.165, 1.54) is 40.5 Å². The monoisotopic (exact) mass is 548 g/mol. The number of fused-ring (bicyclic) bond motifs is 3. The Morgan fingerprint density at radius 2 is 2.05 bits per heavy atom. The van der Waals surface area contributed by atoms with Crippen molar-refractivity contribution in [3.8, 4) is 0 Å². The molecular formula is C24H20N8O4S2. The Kier molecular flexibility index (Phi) is 6.06. The van der Waals surface area contributed by atoms with Crippen LogP contribution in [0.2, 0.25) is 0 Å². The first-order valence-electron chi connectivity index (χ1n) is 11.5. The number of aromatic nitrogens is 5. The molecule has 0 spiro atoms. The van der Waals surface area contributed by atoms with Gasteiger partial charge in [-0.05, 0) is 18.2 Å². The van der Waals surface area contributed by atoms with Crippen molar-refractivity contribution in [1.82, 2.24) is 29.8 Å². The molecule has 6 rings (SSSR count). The summed E-state index contributed by atoms with van der Waals surface area (Å²) in [6, 6.07) is 4.63. The quantitative estimate of drug-likeness (QED) is 0.289. The molecule has 0 bridgehead atoms. The van der Waals surface area contributed by atoms with Crippen molar-refractivity contribution in [2.45, 2.75) is 25.1 Å². The molecule has 0 radical (unpaired) electrons. The summed E-state index contributed by atoms with van der Waals surface area (Å²) in [5, 5.41) is 6.62. The molecule has 0 unspecified atom stereocenters. The normalized spacial score (nSPS) is 16.6. The minimum atomic E-state index is -0.855. The second-order valence-corrected chi connectivity index (χ2v) is 10.8. The van der Waals surface area contributed by atoms with Crippen LogP contribution in [0.3, 0.4) is 0 Å². The summed E-state index contributed by atoms with van der Waals surface area (Å²) in [6.45, 7) is 0.270. The first-order valence-corrected chi connectivity index (χ1v) is 13.1. The lowest BCUT2D eigenvalue weighted by Gasteiger charge is -2.14. The Hall–Kier alpha value is -4.27. The Morgan fingerprint density at radius 3 is 2.87 bits per heavy atom. The largest absolute Gasteiger partial charge is 0.384 e. The number of nitrogen functional groups attached to an aromatic ring is 1. The van der Waals surface area contributed by atoms with Crippen molar-refractivity contribution < 1.29 is 14.3 Å². The number of hydrogen-bond donors (Lipinski definition) is 3. The van der Waals surface area contributed by atoms with E-state index in [-0.39, 0.29) is 29.6 Å².